The quantitative estimate of drug-likeness (QED) is 0.851. The highest BCUT2D eigenvalue weighted by Gasteiger charge is 2.25. The molecule has 0 radical (unpaired) electrons. The van der Waals surface area contributed by atoms with Crippen molar-refractivity contribution in [3.8, 4) is 5.75 Å². The molecule has 0 bridgehead atoms. The van der Waals surface area contributed by atoms with Gasteiger partial charge in [0.05, 0.1) is 23.9 Å². The number of hydrogen-bond acceptors (Lipinski definition) is 4. The molecule has 4 rings (SSSR count). The van der Waals surface area contributed by atoms with Crippen LogP contribution in [0.2, 0.25) is 0 Å². The van der Waals surface area contributed by atoms with Gasteiger partial charge >= 0.3 is 0 Å². The molecule has 0 spiro atoms. The van der Waals surface area contributed by atoms with Crippen LogP contribution in [0.5, 0.6) is 5.75 Å². The fourth-order valence-corrected chi connectivity index (χ4v) is 3.98. The zero-order valence-corrected chi connectivity index (χ0v) is 16.4. The molecule has 7 heteroatoms. The van der Waals surface area contributed by atoms with Crippen LogP contribution in [-0.2, 0) is 9.53 Å². The third-order valence-corrected chi connectivity index (χ3v) is 5.40. The first-order chi connectivity index (χ1) is 13.4. The summed E-state index contributed by atoms with van der Waals surface area (Å²) in [5, 5.41) is 5.73. The number of carbonyl (C=O) groups is 2. The number of hydrogen-bond donors (Lipinski definition) is 2. The summed E-state index contributed by atoms with van der Waals surface area (Å²) in [6.45, 7) is 7.17. The minimum absolute atomic E-state index is 0.174. The number of nitrogens with one attached hydrogen (secondary N) is 2. The lowest BCUT2D eigenvalue weighted by Crippen LogP contribution is -2.34. The van der Waals surface area contributed by atoms with E-state index < -0.39 is 6.10 Å². The summed E-state index contributed by atoms with van der Waals surface area (Å²) in [6.07, 6.45) is 1.56. The summed E-state index contributed by atoms with van der Waals surface area (Å²) in [5.74, 6) is 0.224. The second-order valence-corrected chi connectivity index (χ2v) is 7.44. The summed E-state index contributed by atoms with van der Waals surface area (Å²) in [5.41, 5.74) is 3.81. The van der Waals surface area contributed by atoms with Crippen LogP contribution in [0.25, 0.3) is 0 Å². The molecule has 2 N–H and O–H groups in total. The standard InChI is InChI=1S/C21H25N3O4/c1-12-9-17(13(2)24(12)16-5-4-8-27-11-16)21(26)22-15-6-7-19-18(10-15)23-20(25)14(3)28-19/h6-7,9-10,14,16H,4-5,8,11H2,1-3H3,(H,22,26)(H,23,25). The molecule has 1 aromatic carbocycles. The molecule has 1 fully saturated rings. The molecule has 2 aromatic rings. The third kappa shape index (κ3) is 3.38. The second kappa shape index (κ2) is 7.31. The molecule has 3 heterocycles. The summed E-state index contributed by atoms with van der Waals surface area (Å²) in [4.78, 5) is 24.7. The number of fused-ring (bicyclic) bond motifs is 1. The zero-order valence-electron chi connectivity index (χ0n) is 16.4. The van der Waals surface area contributed by atoms with Crippen molar-refractivity contribution in [2.24, 2.45) is 0 Å². The van der Waals surface area contributed by atoms with E-state index in [-0.39, 0.29) is 17.9 Å². The maximum atomic E-state index is 12.9. The van der Waals surface area contributed by atoms with E-state index >= 15 is 0 Å². The number of rotatable bonds is 3. The fraction of sp³-hybridized carbons (Fsp3) is 0.429. The van der Waals surface area contributed by atoms with Gasteiger partial charge in [0.25, 0.3) is 11.8 Å². The van der Waals surface area contributed by atoms with Crippen molar-refractivity contribution in [2.75, 3.05) is 23.8 Å². The maximum absolute atomic E-state index is 12.9. The number of aromatic nitrogens is 1. The number of carbonyl (C=O) groups excluding carboxylic acids is 2. The topological polar surface area (TPSA) is 81.6 Å². The first-order valence-electron chi connectivity index (χ1n) is 9.63. The van der Waals surface area contributed by atoms with Gasteiger partial charge in [0.15, 0.2) is 6.10 Å². The van der Waals surface area contributed by atoms with Crippen molar-refractivity contribution in [1.82, 2.24) is 4.57 Å². The van der Waals surface area contributed by atoms with Crippen LogP contribution in [0.3, 0.4) is 0 Å². The SMILES string of the molecule is Cc1cc(C(=O)Nc2ccc3c(c2)NC(=O)C(C)O3)c(C)n1C1CCCOC1. The molecule has 7 nitrogen and oxygen atoms in total. The molecule has 2 atom stereocenters. The third-order valence-electron chi connectivity index (χ3n) is 5.40. The Morgan fingerprint density at radius 1 is 1.29 bits per heavy atom. The monoisotopic (exact) mass is 383 g/mol. The van der Waals surface area contributed by atoms with Gasteiger partial charge in [-0.1, -0.05) is 0 Å². The molecular formula is C21H25N3O4. The van der Waals surface area contributed by atoms with Gasteiger partial charge in [-0.25, -0.2) is 0 Å². The molecule has 0 aliphatic carbocycles. The van der Waals surface area contributed by atoms with Gasteiger partial charge in [0.1, 0.15) is 5.75 Å². The van der Waals surface area contributed by atoms with Gasteiger partial charge < -0.3 is 24.7 Å². The number of ether oxygens (including phenoxy) is 2. The number of amides is 2. The van der Waals surface area contributed by atoms with Crippen LogP contribution in [0.4, 0.5) is 11.4 Å². The highest BCUT2D eigenvalue weighted by molar-refractivity contribution is 6.06. The van der Waals surface area contributed by atoms with Crippen LogP contribution in [0, 0.1) is 13.8 Å². The molecule has 0 saturated carbocycles. The van der Waals surface area contributed by atoms with E-state index in [1.54, 1.807) is 25.1 Å². The lowest BCUT2D eigenvalue weighted by atomic mass is 10.1. The van der Waals surface area contributed by atoms with Crippen LogP contribution in [0.15, 0.2) is 24.3 Å². The van der Waals surface area contributed by atoms with E-state index in [1.165, 1.54) is 0 Å². The molecule has 2 aliphatic rings. The van der Waals surface area contributed by atoms with Gasteiger partial charge in [0, 0.05) is 23.7 Å². The molecule has 2 unspecified atom stereocenters. The fourth-order valence-electron chi connectivity index (χ4n) is 3.98. The molecule has 1 saturated heterocycles. The van der Waals surface area contributed by atoms with E-state index in [2.05, 4.69) is 15.2 Å². The molecule has 28 heavy (non-hydrogen) atoms. The van der Waals surface area contributed by atoms with Crippen LogP contribution >= 0.6 is 0 Å². The van der Waals surface area contributed by atoms with Crippen LogP contribution in [0.1, 0.15) is 47.6 Å². The van der Waals surface area contributed by atoms with Gasteiger partial charge in [0.2, 0.25) is 0 Å². The average Bonchev–Trinajstić information content (AvgIpc) is 2.98. The van der Waals surface area contributed by atoms with Gasteiger partial charge in [-0.05, 0) is 57.9 Å². The lowest BCUT2D eigenvalue weighted by molar-refractivity contribution is -0.122. The van der Waals surface area contributed by atoms with Crippen molar-refractivity contribution in [1.29, 1.82) is 0 Å². The number of benzene rings is 1. The molecular weight excluding hydrogens is 358 g/mol. The minimum Gasteiger partial charge on any atom is -0.479 e. The first kappa shape index (κ1) is 18.6. The van der Waals surface area contributed by atoms with Crippen LogP contribution < -0.4 is 15.4 Å². The van der Waals surface area contributed by atoms with Gasteiger partial charge in [-0.15, -0.1) is 0 Å². The smallest absolute Gasteiger partial charge is 0.265 e. The lowest BCUT2D eigenvalue weighted by Gasteiger charge is -2.26. The molecule has 2 amide bonds. The Bertz CT molecular complexity index is 928. The normalized spacial score (nSPS) is 21.5. The highest BCUT2D eigenvalue weighted by atomic mass is 16.5. The van der Waals surface area contributed by atoms with E-state index in [9.17, 15) is 9.59 Å². The van der Waals surface area contributed by atoms with Crippen molar-refractivity contribution in [3.05, 3.63) is 41.2 Å². The van der Waals surface area contributed by atoms with E-state index in [0.29, 0.717) is 29.3 Å². The molecule has 2 aliphatic heterocycles. The highest BCUT2D eigenvalue weighted by Crippen LogP contribution is 2.33. The summed E-state index contributed by atoms with van der Waals surface area (Å²) in [6, 6.07) is 7.43. The number of nitrogens with zero attached hydrogens (tertiary/aromatic N) is 1. The summed E-state index contributed by atoms with van der Waals surface area (Å²) < 4.78 is 13.4. The summed E-state index contributed by atoms with van der Waals surface area (Å²) in [7, 11) is 0. The van der Waals surface area contributed by atoms with Crippen molar-refractivity contribution in [3.63, 3.8) is 0 Å². The van der Waals surface area contributed by atoms with Crippen molar-refractivity contribution < 1.29 is 19.1 Å². The zero-order chi connectivity index (χ0) is 19.8. The Morgan fingerprint density at radius 2 is 2.11 bits per heavy atom. The Labute approximate surface area is 164 Å². The Kier molecular flexibility index (Phi) is 4.85. The first-order valence-corrected chi connectivity index (χ1v) is 9.63. The Hall–Kier alpha value is -2.80. The number of aryl methyl sites for hydroxylation is 1. The predicted octanol–water partition coefficient (Wildman–Crippen LogP) is 3.43. The predicted molar refractivity (Wildman–Crippen MR) is 106 cm³/mol. The summed E-state index contributed by atoms with van der Waals surface area (Å²) >= 11 is 0. The Morgan fingerprint density at radius 3 is 2.86 bits per heavy atom. The molecule has 148 valence electrons. The van der Waals surface area contributed by atoms with E-state index in [1.807, 2.05) is 19.9 Å². The van der Waals surface area contributed by atoms with Crippen molar-refractivity contribution in [2.45, 2.75) is 45.8 Å². The van der Waals surface area contributed by atoms with Crippen molar-refractivity contribution >= 4 is 23.2 Å². The Balaban J connectivity index is 1.54. The van der Waals surface area contributed by atoms with Gasteiger partial charge in [-0.2, -0.15) is 0 Å². The van der Waals surface area contributed by atoms with Gasteiger partial charge in [-0.3, -0.25) is 9.59 Å². The van der Waals surface area contributed by atoms with E-state index in [0.717, 1.165) is 30.8 Å². The largest absolute Gasteiger partial charge is 0.479 e. The average molecular weight is 383 g/mol. The maximum Gasteiger partial charge on any atom is 0.265 e. The minimum atomic E-state index is -0.526. The number of anilines is 2. The van der Waals surface area contributed by atoms with Crippen LogP contribution in [-0.4, -0.2) is 35.7 Å². The molecule has 1 aromatic heterocycles. The van der Waals surface area contributed by atoms with E-state index in [4.69, 9.17) is 9.47 Å². The second-order valence-electron chi connectivity index (χ2n) is 7.44.